The zero-order valence-corrected chi connectivity index (χ0v) is 16.5. The second kappa shape index (κ2) is 8.34. The molecular weight excluding hydrogens is 462 g/mol. The third kappa shape index (κ3) is 5.79. The van der Waals surface area contributed by atoms with Crippen molar-refractivity contribution in [2.45, 2.75) is 12.4 Å². The van der Waals surface area contributed by atoms with Crippen LogP contribution in [0.25, 0.3) is 0 Å². The van der Waals surface area contributed by atoms with Crippen LogP contribution in [0.1, 0.15) is 11.1 Å². The molecule has 2 aromatic rings. The highest BCUT2D eigenvalue weighted by molar-refractivity contribution is 7.92. The fraction of sp³-hybridized carbons (Fsp3) is 0.235. The Morgan fingerprint density at radius 2 is 1.57 bits per heavy atom. The SMILES string of the molecule is CS(=O)(=O)N(CC(=O)Nc1ccccc1C(F)(F)F)c1ccc(Cl)c(C(F)(F)F)c1. The second-order valence-electron chi connectivity index (χ2n) is 6.02. The van der Waals surface area contributed by atoms with Crippen LogP contribution in [0.3, 0.4) is 0 Å². The molecular formula is C17H13ClF6N2O3S. The van der Waals surface area contributed by atoms with Gasteiger partial charge in [0, 0.05) is 0 Å². The Kier molecular flexibility index (Phi) is 6.62. The molecule has 0 saturated heterocycles. The maximum atomic E-state index is 13.1. The summed E-state index contributed by atoms with van der Waals surface area (Å²) in [5.41, 5.74) is -3.67. The molecule has 5 nitrogen and oxygen atoms in total. The highest BCUT2D eigenvalue weighted by Crippen LogP contribution is 2.37. The summed E-state index contributed by atoms with van der Waals surface area (Å²) in [7, 11) is -4.28. The molecule has 0 aromatic heterocycles. The number of halogens is 7. The third-order valence-corrected chi connectivity index (χ3v) is 5.21. The molecule has 0 aliphatic heterocycles. The van der Waals surface area contributed by atoms with Crippen LogP contribution in [-0.2, 0) is 27.2 Å². The Morgan fingerprint density at radius 3 is 2.10 bits per heavy atom. The summed E-state index contributed by atoms with van der Waals surface area (Å²) in [6, 6.07) is 6.14. The molecule has 0 bridgehead atoms. The molecule has 0 unspecified atom stereocenters. The minimum Gasteiger partial charge on any atom is -0.324 e. The number of nitrogens with zero attached hydrogens (tertiary/aromatic N) is 1. The van der Waals surface area contributed by atoms with Crippen LogP contribution in [0.5, 0.6) is 0 Å². The van der Waals surface area contributed by atoms with Crippen LogP contribution in [0.4, 0.5) is 37.7 Å². The number of benzene rings is 2. The molecule has 0 aliphatic rings. The van der Waals surface area contributed by atoms with E-state index in [0.717, 1.165) is 24.3 Å². The first-order valence-electron chi connectivity index (χ1n) is 7.91. The van der Waals surface area contributed by atoms with E-state index in [1.165, 1.54) is 6.07 Å². The van der Waals surface area contributed by atoms with Gasteiger partial charge in [-0.25, -0.2) is 8.42 Å². The number of sulfonamides is 1. The number of para-hydroxylation sites is 1. The third-order valence-electron chi connectivity index (χ3n) is 3.74. The van der Waals surface area contributed by atoms with E-state index >= 15 is 0 Å². The number of rotatable bonds is 5. The molecule has 0 fully saturated rings. The van der Waals surface area contributed by atoms with Crippen molar-refractivity contribution in [3.05, 3.63) is 58.6 Å². The zero-order valence-electron chi connectivity index (χ0n) is 15.0. The molecule has 0 aliphatic carbocycles. The Hall–Kier alpha value is -2.47. The Balaban J connectivity index is 2.38. The lowest BCUT2D eigenvalue weighted by Crippen LogP contribution is -2.37. The molecule has 1 amide bonds. The molecule has 2 aromatic carbocycles. The smallest absolute Gasteiger partial charge is 0.324 e. The number of anilines is 2. The predicted octanol–water partition coefficient (Wildman–Crippen LogP) is 4.78. The van der Waals surface area contributed by atoms with Gasteiger partial charge in [0.25, 0.3) is 0 Å². The van der Waals surface area contributed by atoms with E-state index < -0.39 is 62.4 Å². The molecule has 1 N–H and O–H groups in total. The fourth-order valence-corrected chi connectivity index (χ4v) is 3.52. The number of carbonyl (C=O) groups is 1. The Bertz CT molecular complexity index is 1050. The van der Waals surface area contributed by atoms with Crippen molar-refractivity contribution in [3.63, 3.8) is 0 Å². The normalized spacial score (nSPS) is 12.5. The van der Waals surface area contributed by atoms with Crippen LogP contribution < -0.4 is 9.62 Å². The number of hydrogen-bond acceptors (Lipinski definition) is 3. The summed E-state index contributed by atoms with van der Waals surface area (Å²) >= 11 is 5.50. The number of hydrogen-bond donors (Lipinski definition) is 1. The van der Waals surface area contributed by atoms with Crippen molar-refractivity contribution >= 4 is 38.9 Å². The van der Waals surface area contributed by atoms with Gasteiger partial charge in [0.2, 0.25) is 15.9 Å². The number of alkyl halides is 6. The van der Waals surface area contributed by atoms with Gasteiger partial charge in [-0.05, 0) is 30.3 Å². The highest BCUT2D eigenvalue weighted by atomic mass is 35.5. The lowest BCUT2D eigenvalue weighted by atomic mass is 10.1. The van der Waals surface area contributed by atoms with Gasteiger partial charge in [0.1, 0.15) is 6.54 Å². The monoisotopic (exact) mass is 474 g/mol. The van der Waals surface area contributed by atoms with Gasteiger partial charge in [-0.3, -0.25) is 9.10 Å². The zero-order chi connectivity index (χ0) is 22.9. The van der Waals surface area contributed by atoms with E-state index in [0.29, 0.717) is 22.7 Å². The molecule has 30 heavy (non-hydrogen) atoms. The van der Waals surface area contributed by atoms with Gasteiger partial charge in [-0.1, -0.05) is 23.7 Å². The van der Waals surface area contributed by atoms with Crippen LogP contribution in [0.15, 0.2) is 42.5 Å². The fourth-order valence-electron chi connectivity index (χ4n) is 2.45. The summed E-state index contributed by atoms with van der Waals surface area (Å²) in [6.07, 6.45) is -9.06. The lowest BCUT2D eigenvalue weighted by Gasteiger charge is -2.23. The van der Waals surface area contributed by atoms with Crippen LogP contribution in [0, 0.1) is 0 Å². The first-order chi connectivity index (χ1) is 13.6. The van der Waals surface area contributed by atoms with Gasteiger partial charge in [-0.2, -0.15) is 26.3 Å². The van der Waals surface area contributed by atoms with E-state index in [2.05, 4.69) is 0 Å². The number of carbonyl (C=O) groups excluding carboxylic acids is 1. The van der Waals surface area contributed by atoms with E-state index in [1.54, 1.807) is 0 Å². The van der Waals surface area contributed by atoms with Crippen LogP contribution >= 0.6 is 11.6 Å². The first kappa shape index (κ1) is 23.8. The van der Waals surface area contributed by atoms with E-state index in [9.17, 15) is 39.6 Å². The summed E-state index contributed by atoms with van der Waals surface area (Å²) in [5, 5.41) is 1.24. The van der Waals surface area contributed by atoms with Crippen molar-refractivity contribution in [2.24, 2.45) is 0 Å². The summed E-state index contributed by atoms with van der Waals surface area (Å²) in [6.45, 7) is -1.07. The van der Waals surface area contributed by atoms with E-state index in [4.69, 9.17) is 11.6 Å². The first-order valence-corrected chi connectivity index (χ1v) is 10.1. The van der Waals surface area contributed by atoms with Gasteiger partial charge in [0.15, 0.2) is 0 Å². The van der Waals surface area contributed by atoms with Crippen LogP contribution in [-0.4, -0.2) is 27.1 Å². The minimum atomic E-state index is -4.90. The summed E-state index contributed by atoms with van der Waals surface area (Å²) in [5.74, 6) is -1.19. The summed E-state index contributed by atoms with van der Waals surface area (Å²) in [4.78, 5) is 12.2. The minimum absolute atomic E-state index is 0.324. The largest absolute Gasteiger partial charge is 0.418 e. The molecule has 2 rings (SSSR count). The van der Waals surface area contributed by atoms with Gasteiger partial charge < -0.3 is 5.32 Å². The van der Waals surface area contributed by atoms with Crippen molar-refractivity contribution < 1.29 is 39.6 Å². The molecule has 0 radical (unpaired) electrons. The molecule has 0 spiro atoms. The average Bonchev–Trinajstić information content (AvgIpc) is 2.58. The Morgan fingerprint density at radius 1 is 1.00 bits per heavy atom. The lowest BCUT2D eigenvalue weighted by molar-refractivity contribution is -0.138. The van der Waals surface area contributed by atoms with E-state index in [-0.39, 0.29) is 0 Å². The highest BCUT2D eigenvalue weighted by Gasteiger charge is 2.35. The average molecular weight is 475 g/mol. The van der Waals surface area contributed by atoms with Crippen molar-refractivity contribution in [2.75, 3.05) is 22.4 Å². The number of amides is 1. The Labute approximate surface area is 172 Å². The molecule has 0 atom stereocenters. The van der Waals surface area contributed by atoms with Gasteiger partial charge in [0.05, 0.1) is 33.8 Å². The topological polar surface area (TPSA) is 66.5 Å². The second-order valence-corrected chi connectivity index (χ2v) is 8.34. The number of nitrogens with one attached hydrogen (secondary N) is 1. The van der Waals surface area contributed by atoms with Gasteiger partial charge >= 0.3 is 12.4 Å². The summed E-state index contributed by atoms with van der Waals surface area (Å²) < 4.78 is 103. The van der Waals surface area contributed by atoms with Crippen LogP contribution in [0.2, 0.25) is 5.02 Å². The predicted molar refractivity (Wildman–Crippen MR) is 98.7 cm³/mol. The van der Waals surface area contributed by atoms with Crippen molar-refractivity contribution in [1.29, 1.82) is 0 Å². The standard InChI is InChI=1S/C17H13ClF6N2O3S/c1-30(28,29)26(10-6-7-13(18)12(8-10)17(22,23)24)9-15(27)25-14-5-3-2-4-11(14)16(19,20)21/h2-8H,9H2,1H3,(H,25,27). The van der Waals surface area contributed by atoms with E-state index in [1.807, 2.05) is 5.32 Å². The molecule has 0 heterocycles. The molecule has 13 heteroatoms. The maximum absolute atomic E-state index is 13.1. The van der Waals surface area contributed by atoms with Crippen molar-refractivity contribution in [3.8, 4) is 0 Å². The van der Waals surface area contributed by atoms with Crippen molar-refractivity contribution in [1.82, 2.24) is 0 Å². The molecule has 164 valence electrons. The quantitative estimate of drug-likeness (QED) is 0.634. The maximum Gasteiger partial charge on any atom is 0.418 e. The van der Waals surface area contributed by atoms with Gasteiger partial charge in [-0.15, -0.1) is 0 Å². The molecule has 0 saturated carbocycles.